The first-order valence-corrected chi connectivity index (χ1v) is 2.15. The average molecular weight is 94.1 g/mol. The SMILES string of the molecule is C[C-]=C1C=CC=[O+]1. The number of rotatable bonds is 0. The van der Waals surface area contributed by atoms with Crippen molar-refractivity contribution >= 4 is 6.29 Å². The molecule has 0 aromatic carbocycles. The first-order valence-electron chi connectivity index (χ1n) is 2.15. The van der Waals surface area contributed by atoms with Crippen molar-refractivity contribution in [1.82, 2.24) is 0 Å². The number of hydrogen-bond acceptors (Lipinski definition) is 0. The summed E-state index contributed by atoms with van der Waals surface area (Å²) in [5.74, 6) is 0.806. The van der Waals surface area contributed by atoms with Crippen LogP contribution in [-0.2, 0) is 4.42 Å². The summed E-state index contributed by atoms with van der Waals surface area (Å²) in [5, 5.41) is 0. The molecule has 0 N–H and O–H groups in total. The van der Waals surface area contributed by atoms with Gasteiger partial charge < -0.3 is 0 Å². The highest BCUT2D eigenvalue weighted by molar-refractivity contribution is 5.68. The third-order valence-corrected chi connectivity index (χ3v) is 0.768. The van der Waals surface area contributed by atoms with Crippen LogP contribution in [0.5, 0.6) is 0 Å². The Morgan fingerprint density at radius 1 is 1.71 bits per heavy atom. The van der Waals surface area contributed by atoms with Crippen LogP contribution in [0.3, 0.4) is 0 Å². The molecule has 0 fully saturated rings. The Hall–Kier alpha value is -0.850. The van der Waals surface area contributed by atoms with Crippen LogP contribution in [0.4, 0.5) is 0 Å². The fourth-order valence-electron chi connectivity index (χ4n) is 0.421. The van der Waals surface area contributed by atoms with Crippen molar-refractivity contribution in [1.29, 1.82) is 0 Å². The molecule has 7 heavy (non-hydrogen) atoms. The van der Waals surface area contributed by atoms with E-state index in [1.165, 1.54) is 0 Å². The summed E-state index contributed by atoms with van der Waals surface area (Å²) in [7, 11) is 0. The highest BCUT2D eigenvalue weighted by Crippen LogP contribution is 1.95. The normalized spacial score (nSPS) is 22.1. The first-order chi connectivity index (χ1) is 3.43. The van der Waals surface area contributed by atoms with Gasteiger partial charge in [-0.15, -0.1) is 13.0 Å². The Morgan fingerprint density at radius 3 is 2.86 bits per heavy atom. The highest BCUT2D eigenvalue weighted by Gasteiger charge is 1.91. The van der Waals surface area contributed by atoms with E-state index in [4.69, 9.17) is 4.42 Å². The monoisotopic (exact) mass is 94.0 g/mol. The lowest BCUT2D eigenvalue weighted by Gasteiger charge is -1.75. The second kappa shape index (κ2) is 1.73. The molecule has 0 unspecified atom stereocenters. The second-order valence-corrected chi connectivity index (χ2v) is 1.23. The molecule has 1 nitrogen and oxygen atoms in total. The van der Waals surface area contributed by atoms with E-state index in [1.807, 2.05) is 19.1 Å². The largest absolute Gasteiger partial charge is 0.296 e. The van der Waals surface area contributed by atoms with Crippen LogP contribution in [0.25, 0.3) is 0 Å². The van der Waals surface area contributed by atoms with Gasteiger partial charge in [-0.3, -0.25) is 4.42 Å². The van der Waals surface area contributed by atoms with E-state index in [0.29, 0.717) is 0 Å². The average Bonchev–Trinajstić information content (AvgIpc) is 2.14. The second-order valence-electron chi connectivity index (χ2n) is 1.23. The Morgan fingerprint density at radius 2 is 2.57 bits per heavy atom. The van der Waals surface area contributed by atoms with Gasteiger partial charge in [0.25, 0.3) is 6.29 Å². The van der Waals surface area contributed by atoms with E-state index in [9.17, 15) is 0 Å². The molecule has 0 aromatic rings. The number of hydrogen-bond donors (Lipinski definition) is 0. The van der Waals surface area contributed by atoms with Crippen LogP contribution in [0, 0.1) is 6.08 Å². The van der Waals surface area contributed by atoms with Gasteiger partial charge in [-0.05, 0) is 6.08 Å². The van der Waals surface area contributed by atoms with E-state index in [1.54, 1.807) is 6.29 Å². The van der Waals surface area contributed by atoms with Gasteiger partial charge in [0.1, 0.15) is 0 Å². The lowest BCUT2D eigenvalue weighted by Crippen LogP contribution is -1.67. The molecular weight excluding hydrogens is 88.1 g/mol. The van der Waals surface area contributed by atoms with Crippen LogP contribution in [-0.4, -0.2) is 6.29 Å². The molecule has 1 heteroatoms. The molecule has 0 saturated heterocycles. The molecule has 0 spiro atoms. The van der Waals surface area contributed by atoms with Crippen LogP contribution in [0.2, 0.25) is 0 Å². The van der Waals surface area contributed by atoms with Crippen molar-refractivity contribution in [2.45, 2.75) is 6.92 Å². The van der Waals surface area contributed by atoms with Crippen LogP contribution < -0.4 is 0 Å². The molecule has 1 heterocycles. The smallest absolute Gasteiger partial charge is 0.259 e. The third kappa shape index (κ3) is 0.769. The fourth-order valence-corrected chi connectivity index (χ4v) is 0.421. The summed E-state index contributed by atoms with van der Waals surface area (Å²) < 4.78 is 4.87. The van der Waals surface area contributed by atoms with E-state index >= 15 is 0 Å². The summed E-state index contributed by atoms with van der Waals surface area (Å²) in [6, 6.07) is 0. The van der Waals surface area contributed by atoms with Crippen LogP contribution in [0.15, 0.2) is 17.9 Å². The Balaban J connectivity index is 2.79. The van der Waals surface area contributed by atoms with E-state index in [-0.39, 0.29) is 0 Å². The van der Waals surface area contributed by atoms with Gasteiger partial charge in [0, 0.05) is 0 Å². The molecule has 1 rings (SSSR count). The van der Waals surface area contributed by atoms with Gasteiger partial charge in [-0.2, -0.15) is 6.08 Å². The van der Waals surface area contributed by atoms with Crippen molar-refractivity contribution in [3.05, 3.63) is 24.0 Å². The number of carbonyl (C=O) groups excluding carboxylic acids is 1. The molecule has 0 bridgehead atoms. The molecule has 1 aliphatic rings. The number of allylic oxidation sites excluding steroid dienone is 3. The van der Waals surface area contributed by atoms with Crippen LogP contribution in [0.1, 0.15) is 6.92 Å². The Kier molecular flexibility index (Phi) is 1.07. The lowest BCUT2D eigenvalue weighted by atomic mass is 10.4. The topological polar surface area (TPSA) is 11.3 Å². The number of aldehydes is 1. The molecular formula is C6H6O. The van der Waals surface area contributed by atoms with E-state index in [0.717, 1.165) is 5.76 Å². The van der Waals surface area contributed by atoms with Gasteiger partial charge in [-0.1, -0.05) is 0 Å². The zero-order valence-corrected chi connectivity index (χ0v) is 4.14. The molecule has 1 aliphatic heterocycles. The maximum atomic E-state index is 4.87. The molecule has 0 radical (unpaired) electrons. The molecule has 0 aliphatic carbocycles. The minimum atomic E-state index is 0.806. The fraction of sp³-hybridized carbons (Fsp3) is 0.167. The van der Waals surface area contributed by atoms with Gasteiger partial charge in [-0.25, -0.2) is 0 Å². The summed E-state index contributed by atoms with van der Waals surface area (Å²) in [6.07, 6.45) is 8.17. The van der Waals surface area contributed by atoms with E-state index in [2.05, 4.69) is 6.08 Å². The first kappa shape index (κ1) is 4.31. The molecule has 0 amide bonds. The predicted octanol–water partition coefficient (Wildman–Crippen LogP) is 0.998. The Bertz CT molecular complexity index is 126. The quantitative estimate of drug-likeness (QED) is 0.241. The van der Waals surface area contributed by atoms with E-state index < -0.39 is 0 Å². The maximum Gasteiger partial charge on any atom is 0.296 e. The van der Waals surface area contributed by atoms with Gasteiger partial charge in [0.15, 0.2) is 5.76 Å². The van der Waals surface area contributed by atoms with Gasteiger partial charge >= 0.3 is 0 Å². The minimum absolute atomic E-state index is 0.806. The van der Waals surface area contributed by atoms with Crippen molar-refractivity contribution in [3.8, 4) is 0 Å². The van der Waals surface area contributed by atoms with Gasteiger partial charge in [0.2, 0.25) is 0 Å². The molecule has 0 atom stereocenters. The summed E-state index contributed by atoms with van der Waals surface area (Å²) in [5.41, 5.74) is 0. The zero-order chi connectivity index (χ0) is 5.11. The third-order valence-electron chi connectivity index (χ3n) is 0.768. The standard InChI is InChI=1S/C6H6O/c1-2-6-4-3-5-7-6/h3-5H,1H3. The van der Waals surface area contributed by atoms with Crippen LogP contribution >= 0.6 is 0 Å². The molecule has 36 valence electrons. The summed E-state index contributed by atoms with van der Waals surface area (Å²) in [4.78, 5) is 0. The molecule has 0 aromatic heterocycles. The zero-order valence-electron chi connectivity index (χ0n) is 4.14. The van der Waals surface area contributed by atoms with Crippen molar-refractivity contribution in [2.24, 2.45) is 0 Å². The lowest BCUT2D eigenvalue weighted by molar-refractivity contribution is -0.381. The van der Waals surface area contributed by atoms with Crippen molar-refractivity contribution in [2.75, 3.05) is 0 Å². The van der Waals surface area contributed by atoms with Crippen molar-refractivity contribution < 1.29 is 4.42 Å². The van der Waals surface area contributed by atoms with Gasteiger partial charge in [0.05, 0.1) is 0 Å². The van der Waals surface area contributed by atoms with Crippen molar-refractivity contribution in [3.63, 3.8) is 0 Å². The summed E-state index contributed by atoms with van der Waals surface area (Å²) in [6.45, 7) is 1.82. The minimum Gasteiger partial charge on any atom is -0.259 e. The highest BCUT2D eigenvalue weighted by atomic mass is 16.4. The predicted molar refractivity (Wildman–Crippen MR) is 27.6 cm³/mol. The summed E-state index contributed by atoms with van der Waals surface area (Å²) >= 11 is 0. The molecule has 0 saturated carbocycles. The Labute approximate surface area is 42.7 Å². The maximum absolute atomic E-state index is 4.87.